The third-order valence-electron chi connectivity index (χ3n) is 12.6. The lowest BCUT2D eigenvalue weighted by Crippen LogP contribution is -2.65. The largest absolute Gasteiger partial charge is 0.394 e. The van der Waals surface area contributed by atoms with E-state index in [0.29, 0.717) is 12.8 Å². The maximum atomic E-state index is 12.9. The van der Waals surface area contributed by atoms with Crippen LogP contribution in [0.2, 0.25) is 0 Å². The Hall–Kier alpha value is -1.79. The number of aliphatic hydroxyl groups excluding tert-OH is 8. The van der Waals surface area contributed by atoms with Crippen molar-refractivity contribution in [3.05, 3.63) is 36.5 Å². The molecule has 2 aliphatic rings. The summed E-state index contributed by atoms with van der Waals surface area (Å²) in [5, 5.41) is 86.1. The lowest BCUT2D eigenvalue weighted by molar-refractivity contribution is -0.359. The molecule has 14 nitrogen and oxygen atoms in total. The van der Waals surface area contributed by atoms with Crippen molar-refractivity contribution in [3.8, 4) is 0 Å². The van der Waals surface area contributed by atoms with E-state index in [1.165, 1.54) is 109 Å². The summed E-state index contributed by atoms with van der Waals surface area (Å²) in [5.41, 5.74) is 0. The quantitative estimate of drug-likeness (QED) is 0.0231. The molecule has 12 atom stereocenters. The van der Waals surface area contributed by atoms with Crippen LogP contribution in [0.15, 0.2) is 36.5 Å². The number of carbonyl (C=O) groups is 1. The summed E-state index contributed by atoms with van der Waals surface area (Å²) in [6.07, 6.45) is 27.2. The Kier molecular flexibility index (Phi) is 34.8. The lowest BCUT2D eigenvalue weighted by Gasteiger charge is -2.46. The molecule has 0 aromatic carbocycles. The van der Waals surface area contributed by atoms with E-state index in [9.17, 15) is 45.6 Å². The van der Waals surface area contributed by atoms with Crippen LogP contribution in [0.1, 0.15) is 187 Å². The van der Waals surface area contributed by atoms with Gasteiger partial charge in [-0.15, -0.1) is 0 Å². The molecule has 0 aromatic heterocycles. The zero-order chi connectivity index (χ0) is 47.5. The van der Waals surface area contributed by atoms with Crippen molar-refractivity contribution < 1.29 is 64.6 Å². The molecule has 0 aromatic rings. The molecule has 0 saturated carbocycles. The Morgan fingerprint density at radius 3 is 1.51 bits per heavy atom. The fourth-order valence-corrected chi connectivity index (χ4v) is 8.32. The average Bonchev–Trinajstić information content (AvgIpc) is 3.30. The topological polar surface area (TPSA) is 228 Å². The highest BCUT2D eigenvalue weighted by Crippen LogP contribution is 2.30. The predicted octanol–water partition coefficient (Wildman–Crippen LogP) is 6.71. The van der Waals surface area contributed by atoms with Gasteiger partial charge in [-0.2, -0.15) is 0 Å². The summed E-state index contributed by atoms with van der Waals surface area (Å²) in [6.45, 7) is 2.62. The van der Waals surface area contributed by atoms with Gasteiger partial charge in [0.2, 0.25) is 5.91 Å². The van der Waals surface area contributed by atoms with Crippen LogP contribution in [-0.2, 0) is 23.7 Å². The van der Waals surface area contributed by atoms with Crippen LogP contribution in [-0.4, -0.2) is 140 Å². The van der Waals surface area contributed by atoms with Crippen molar-refractivity contribution in [2.45, 2.75) is 261 Å². The van der Waals surface area contributed by atoms with Gasteiger partial charge in [0.1, 0.15) is 48.8 Å². The number of nitrogens with one attached hydrogen (secondary N) is 1. The smallest absolute Gasteiger partial charge is 0.220 e. The SMILES string of the molecule is CCCCCCCCCCCCCCCCCCC/C=C/CC/C=C/CC/C=C/C(O)C(COC1OC(CO)C(OC2OC(CO)C(O)C(O)C2O)C(O)C1O)NC(=O)CCCCCC. The highest BCUT2D eigenvalue weighted by Gasteiger charge is 2.51. The average molecular weight is 928 g/mol. The third kappa shape index (κ3) is 25.4. The van der Waals surface area contributed by atoms with Gasteiger partial charge in [-0.1, -0.05) is 172 Å². The van der Waals surface area contributed by atoms with Gasteiger partial charge in [0.05, 0.1) is 32.0 Å². The Labute approximate surface area is 391 Å². The van der Waals surface area contributed by atoms with Crippen LogP contribution in [0.4, 0.5) is 0 Å². The first-order valence-corrected chi connectivity index (χ1v) is 25.7. The molecule has 14 heteroatoms. The normalized spacial score (nSPS) is 27.3. The molecule has 2 aliphatic heterocycles. The second-order valence-electron chi connectivity index (χ2n) is 18.3. The molecule has 380 valence electrons. The van der Waals surface area contributed by atoms with Crippen LogP contribution in [0.25, 0.3) is 0 Å². The highest BCUT2D eigenvalue weighted by atomic mass is 16.7. The van der Waals surface area contributed by atoms with Crippen molar-refractivity contribution in [2.24, 2.45) is 0 Å². The first kappa shape index (κ1) is 59.3. The molecule has 0 bridgehead atoms. The van der Waals surface area contributed by atoms with Gasteiger partial charge in [-0.25, -0.2) is 0 Å². The van der Waals surface area contributed by atoms with Crippen molar-refractivity contribution in [3.63, 3.8) is 0 Å². The van der Waals surface area contributed by atoms with Gasteiger partial charge in [0.25, 0.3) is 0 Å². The minimum Gasteiger partial charge on any atom is -0.394 e. The van der Waals surface area contributed by atoms with Crippen LogP contribution in [0.3, 0.4) is 0 Å². The molecule has 2 heterocycles. The number of aliphatic hydroxyl groups is 8. The fourth-order valence-electron chi connectivity index (χ4n) is 8.32. The molecule has 1 amide bonds. The van der Waals surface area contributed by atoms with E-state index in [1.54, 1.807) is 6.08 Å². The summed E-state index contributed by atoms with van der Waals surface area (Å²) in [6, 6.07) is -0.931. The fraction of sp³-hybridized carbons (Fsp3) is 0.863. The minimum atomic E-state index is -1.79. The molecule has 0 spiro atoms. The summed E-state index contributed by atoms with van der Waals surface area (Å²) in [5.74, 6) is -0.272. The number of rotatable bonds is 39. The molecule has 0 aliphatic carbocycles. The monoisotopic (exact) mass is 928 g/mol. The molecular formula is C51H93NO13. The maximum Gasteiger partial charge on any atom is 0.220 e. The molecule has 2 fully saturated rings. The maximum absolute atomic E-state index is 12.9. The molecule has 65 heavy (non-hydrogen) atoms. The summed E-state index contributed by atoms with van der Waals surface area (Å²) in [4.78, 5) is 12.9. The van der Waals surface area contributed by atoms with Gasteiger partial charge >= 0.3 is 0 Å². The number of allylic oxidation sites excluding steroid dienone is 5. The number of ether oxygens (including phenoxy) is 4. The standard InChI is InChI=1S/C51H93NO13/c1-3-5-7-9-10-11-12-13-14-15-16-17-18-19-20-21-22-23-24-25-26-27-28-29-30-31-32-34-40(55)39(52-43(56)35-33-8-6-4-2)38-62-50-48(61)46(59)49(42(37-54)64-50)65-51-47(60)45(58)44(57)41(36-53)63-51/h24-25,28-29,32,34,39-42,44-51,53-55,57-61H,3-23,26-27,30-31,33,35-38H2,1-2H3,(H,52,56)/b25-24+,29-28+,34-32+. The Morgan fingerprint density at radius 2 is 0.985 bits per heavy atom. The minimum absolute atomic E-state index is 0.261. The molecular weight excluding hydrogens is 835 g/mol. The molecule has 2 rings (SSSR count). The van der Waals surface area contributed by atoms with Gasteiger partial charge < -0.3 is 65.1 Å². The first-order chi connectivity index (χ1) is 31.6. The third-order valence-corrected chi connectivity index (χ3v) is 12.6. The zero-order valence-corrected chi connectivity index (χ0v) is 40.2. The van der Waals surface area contributed by atoms with E-state index in [-0.39, 0.29) is 18.9 Å². The Bertz CT molecular complexity index is 1230. The van der Waals surface area contributed by atoms with E-state index in [0.717, 1.165) is 44.9 Å². The van der Waals surface area contributed by atoms with Crippen LogP contribution in [0.5, 0.6) is 0 Å². The molecule has 0 radical (unpaired) electrons. The number of unbranched alkanes of at least 4 members (excludes halogenated alkanes) is 22. The van der Waals surface area contributed by atoms with E-state index in [4.69, 9.17) is 18.9 Å². The highest BCUT2D eigenvalue weighted by molar-refractivity contribution is 5.76. The van der Waals surface area contributed by atoms with Crippen molar-refractivity contribution in [1.29, 1.82) is 0 Å². The second-order valence-corrected chi connectivity index (χ2v) is 18.3. The number of amides is 1. The summed E-state index contributed by atoms with van der Waals surface area (Å²) in [7, 11) is 0. The van der Waals surface area contributed by atoms with Gasteiger partial charge in [0.15, 0.2) is 12.6 Å². The number of carbonyl (C=O) groups excluding carboxylic acids is 1. The number of hydrogen-bond donors (Lipinski definition) is 9. The Balaban J connectivity index is 1.69. The van der Waals surface area contributed by atoms with Crippen molar-refractivity contribution in [1.82, 2.24) is 5.32 Å². The second kappa shape index (κ2) is 38.1. The lowest BCUT2D eigenvalue weighted by atomic mass is 9.97. The van der Waals surface area contributed by atoms with E-state index in [1.807, 2.05) is 6.08 Å². The van der Waals surface area contributed by atoms with Gasteiger partial charge in [0, 0.05) is 6.42 Å². The predicted molar refractivity (Wildman–Crippen MR) is 254 cm³/mol. The van der Waals surface area contributed by atoms with Crippen LogP contribution in [0, 0.1) is 0 Å². The van der Waals surface area contributed by atoms with Crippen molar-refractivity contribution >= 4 is 5.91 Å². The van der Waals surface area contributed by atoms with E-state index < -0.39 is 86.8 Å². The summed E-state index contributed by atoms with van der Waals surface area (Å²) >= 11 is 0. The van der Waals surface area contributed by atoms with Crippen LogP contribution < -0.4 is 5.32 Å². The first-order valence-electron chi connectivity index (χ1n) is 25.7. The van der Waals surface area contributed by atoms with Gasteiger partial charge in [-0.3, -0.25) is 4.79 Å². The van der Waals surface area contributed by atoms with Crippen LogP contribution >= 0.6 is 0 Å². The van der Waals surface area contributed by atoms with E-state index >= 15 is 0 Å². The molecule has 2 saturated heterocycles. The Morgan fingerprint density at radius 1 is 0.538 bits per heavy atom. The van der Waals surface area contributed by atoms with Crippen molar-refractivity contribution in [2.75, 3.05) is 19.8 Å². The summed E-state index contributed by atoms with van der Waals surface area (Å²) < 4.78 is 22.5. The molecule has 9 N–H and O–H groups in total. The zero-order valence-electron chi connectivity index (χ0n) is 40.2. The van der Waals surface area contributed by atoms with Gasteiger partial charge in [-0.05, 0) is 44.9 Å². The van der Waals surface area contributed by atoms with E-state index in [2.05, 4.69) is 43.5 Å². The molecule has 12 unspecified atom stereocenters. The number of hydrogen-bond acceptors (Lipinski definition) is 13.